The lowest BCUT2D eigenvalue weighted by atomic mass is 10.1. The Morgan fingerprint density at radius 3 is 2.65 bits per heavy atom. The van der Waals surface area contributed by atoms with Crippen LogP contribution in [0.4, 0.5) is 0 Å². The lowest BCUT2D eigenvalue weighted by Crippen LogP contribution is -2.40. The van der Waals surface area contributed by atoms with E-state index in [1.165, 1.54) is 30.6 Å². The smallest absolute Gasteiger partial charge is 0.220 e. The van der Waals surface area contributed by atoms with Gasteiger partial charge >= 0.3 is 0 Å². The van der Waals surface area contributed by atoms with Crippen LogP contribution in [0.5, 0.6) is 0 Å². The summed E-state index contributed by atoms with van der Waals surface area (Å²) in [5.74, 6) is 0.842. The topological polar surface area (TPSA) is 62.6 Å². The van der Waals surface area contributed by atoms with Crippen molar-refractivity contribution in [3.05, 3.63) is 46.0 Å². The van der Waals surface area contributed by atoms with E-state index < -0.39 is 0 Å². The highest BCUT2D eigenvalue weighted by Gasteiger charge is 2.25. The highest BCUT2D eigenvalue weighted by Crippen LogP contribution is 2.24. The zero-order valence-electron chi connectivity index (χ0n) is 15.2. The van der Waals surface area contributed by atoms with Crippen molar-refractivity contribution < 1.29 is 14.0 Å². The predicted octanol–water partition coefficient (Wildman–Crippen LogP) is 3.96. The first kappa shape index (κ1) is 18.9. The van der Waals surface area contributed by atoms with Crippen molar-refractivity contribution in [2.45, 2.75) is 45.1 Å². The average Bonchev–Trinajstić information content (AvgIpc) is 3.33. The molecule has 2 aromatic rings. The number of hydrogen-bond donors (Lipinski definition) is 1. The average molecular weight is 375 g/mol. The number of carbonyl (C=O) groups excluding carboxylic acids is 2. The van der Waals surface area contributed by atoms with Crippen molar-refractivity contribution in [2.24, 2.45) is 0 Å². The molecule has 0 bridgehead atoms. The molecule has 1 saturated heterocycles. The maximum Gasteiger partial charge on any atom is 0.220 e. The highest BCUT2D eigenvalue weighted by atomic mass is 32.1. The van der Waals surface area contributed by atoms with E-state index in [2.05, 4.69) is 10.2 Å². The Kier molecular flexibility index (Phi) is 6.63. The molecule has 1 aliphatic heterocycles. The monoisotopic (exact) mass is 374 g/mol. The van der Waals surface area contributed by atoms with E-state index >= 15 is 0 Å². The van der Waals surface area contributed by atoms with Gasteiger partial charge in [-0.25, -0.2) is 0 Å². The number of Topliss-reactive ketones (excluding diaryl/α,β-unsaturated/α-hetero) is 1. The van der Waals surface area contributed by atoms with Crippen LogP contribution >= 0.6 is 11.3 Å². The highest BCUT2D eigenvalue weighted by molar-refractivity contribution is 7.14. The molecule has 0 spiro atoms. The third-order valence-corrected chi connectivity index (χ3v) is 5.83. The molecular formula is C20H26N2O3S. The Balaban J connectivity index is 1.50. The van der Waals surface area contributed by atoms with Gasteiger partial charge < -0.3 is 9.73 Å². The van der Waals surface area contributed by atoms with E-state index in [0.29, 0.717) is 6.54 Å². The van der Waals surface area contributed by atoms with E-state index in [0.717, 1.165) is 28.6 Å². The minimum absolute atomic E-state index is 0.0388. The minimum Gasteiger partial charge on any atom is -0.468 e. The number of aryl methyl sites for hydroxylation is 1. The second-order valence-electron chi connectivity index (χ2n) is 6.77. The van der Waals surface area contributed by atoms with Crippen molar-refractivity contribution in [3.8, 4) is 0 Å². The first-order valence-corrected chi connectivity index (χ1v) is 10.1. The molecular weight excluding hydrogens is 348 g/mol. The van der Waals surface area contributed by atoms with Gasteiger partial charge in [-0.15, -0.1) is 11.3 Å². The fourth-order valence-electron chi connectivity index (χ4n) is 3.35. The van der Waals surface area contributed by atoms with Crippen LogP contribution < -0.4 is 5.32 Å². The SMILES string of the molecule is Cc1ccc(C(=O)CCC(=O)NCC(c2ccco2)N2CCCCC2)s1. The molecule has 5 nitrogen and oxygen atoms in total. The van der Waals surface area contributed by atoms with Gasteiger partial charge in [-0.3, -0.25) is 14.5 Å². The van der Waals surface area contributed by atoms with Gasteiger partial charge in [-0.05, 0) is 57.1 Å². The number of hydrogen-bond acceptors (Lipinski definition) is 5. The first-order chi connectivity index (χ1) is 12.6. The Morgan fingerprint density at radius 1 is 1.19 bits per heavy atom. The molecule has 0 radical (unpaired) electrons. The van der Waals surface area contributed by atoms with Gasteiger partial charge in [0.1, 0.15) is 5.76 Å². The molecule has 1 amide bonds. The summed E-state index contributed by atoms with van der Waals surface area (Å²) in [6.45, 7) is 4.54. The fourth-order valence-corrected chi connectivity index (χ4v) is 4.19. The lowest BCUT2D eigenvalue weighted by Gasteiger charge is -2.33. The van der Waals surface area contributed by atoms with Crippen LogP contribution in [0.2, 0.25) is 0 Å². The number of carbonyl (C=O) groups is 2. The van der Waals surface area contributed by atoms with Crippen LogP contribution in [0.3, 0.4) is 0 Å². The molecule has 3 heterocycles. The molecule has 3 rings (SSSR count). The maximum absolute atomic E-state index is 12.2. The molecule has 26 heavy (non-hydrogen) atoms. The van der Waals surface area contributed by atoms with Gasteiger partial charge in [0.2, 0.25) is 5.91 Å². The van der Waals surface area contributed by atoms with Crippen LogP contribution in [0.25, 0.3) is 0 Å². The van der Waals surface area contributed by atoms with Crippen LogP contribution in [-0.2, 0) is 4.79 Å². The van der Waals surface area contributed by atoms with E-state index in [1.54, 1.807) is 6.26 Å². The largest absolute Gasteiger partial charge is 0.468 e. The maximum atomic E-state index is 12.2. The molecule has 1 N–H and O–H groups in total. The van der Waals surface area contributed by atoms with E-state index in [1.807, 2.05) is 31.2 Å². The van der Waals surface area contributed by atoms with Crippen LogP contribution in [-0.4, -0.2) is 36.2 Å². The van der Waals surface area contributed by atoms with Gasteiger partial charge in [-0.2, -0.15) is 0 Å². The number of nitrogens with one attached hydrogen (secondary N) is 1. The number of rotatable bonds is 8. The number of furan rings is 1. The third-order valence-electron chi connectivity index (χ3n) is 4.79. The number of piperidine rings is 1. The summed E-state index contributed by atoms with van der Waals surface area (Å²) < 4.78 is 5.59. The number of thiophene rings is 1. The first-order valence-electron chi connectivity index (χ1n) is 9.27. The predicted molar refractivity (Wildman–Crippen MR) is 103 cm³/mol. The van der Waals surface area contributed by atoms with Crippen molar-refractivity contribution in [1.82, 2.24) is 10.2 Å². The molecule has 2 aromatic heterocycles. The molecule has 0 saturated carbocycles. The molecule has 1 fully saturated rings. The molecule has 1 unspecified atom stereocenters. The summed E-state index contributed by atoms with van der Waals surface area (Å²) >= 11 is 1.48. The van der Waals surface area contributed by atoms with Gasteiger partial charge in [0.05, 0.1) is 17.2 Å². The van der Waals surface area contributed by atoms with Crippen molar-refractivity contribution in [2.75, 3.05) is 19.6 Å². The summed E-state index contributed by atoms with van der Waals surface area (Å²) in [7, 11) is 0. The summed E-state index contributed by atoms with van der Waals surface area (Å²) in [5.41, 5.74) is 0. The van der Waals surface area contributed by atoms with Crippen LogP contribution in [0.1, 0.15) is 58.5 Å². The lowest BCUT2D eigenvalue weighted by molar-refractivity contribution is -0.121. The molecule has 140 valence electrons. The van der Waals surface area contributed by atoms with Gasteiger partial charge in [0.25, 0.3) is 0 Å². The van der Waals surface area contributed by atoms with E-state index in [4.69, 9.17) is 4.42 Å². The Labute approximate surface area is 158 Å². The number of ketones is 1. The molecule has 1 atom stereocenters. The molecule has 0 aliphatic carbocycles. The van der Waals surface area contributed by atoms with Gasteiger partial charge in [0, 0.05) is 24.3 Å². The summed E-state index contributed by atoms with van der Waals surface area (Å²) in [4.78, 5) is 28.6. The number of likely N-dealkylation sites (tertiary alicyclic amines) is 1. The van der Waals surface area contributed by atoms with Crippen molar-refractivity contribution >= 4 is 23.0 Å². The van der Waals surface area contributed by atoms with Crippen molar-refractivity contribution in [3.63, 3.8) is 0 Å². The summed E-state index contributed by atoms with van der Waals surface area (Å²) in [6, 6.07) is 7.68. The Morgan fingerprint density at radius 2 is 2.00 bits per heavy atom. The van der Waals surface area contributed by atoms with Crippen molar-refractivity contribution in [1.29, 1.82) is 0 Å². The minimum atomic E-state index is -0.0832. The molecule has 1 aliphatic rings. The number of amides is 1. The summed E-state index contributed by atoms with van der Waals surface area (Å²) in [5, 5.41) is 2.99. The van der Waals surface area contributed by atoms with Crippen LogP contribution in [0.15, 0.2) is 34.9 Å². The Bertz CT molecular complexity index is 717. The van der Waals surface area contributed by atoms with Crippen LogP contribution in [0, 0.1) is 6.92 Å². The second-order valence-corrected chi connectivity index (χ2v) is 8.05. The summed E-state index contributed by atoms with van der Waals surface area (Å²) in [6.07, 6.45) is 5.77. The van der Waals surface area contributed by atoms with Gasteiger partial charge in [-0.1, -0.05) is 6.42 Å². The standard InChI is InChI=1S/C20H26N2O3S/c1-15-7-9-19(26-15)17(23)8-10-20(24)21-14-16(18-6-5-13-25-18)22-11-3-2-4-12-22/h5-7,9,13,16H,2-4,8,10-12,14H2,1H3,(H,21,24). The van der Waals surface area contributed by atoms with E-state index in [-0.39, 0.29) is 30.6 Å². The third kappa shape index (κ3) is 5.05. The normalized spacial score (nSPS) is 16.3. The number of nitrogens with zero attached hydrogens (tertiary/aromatic N) is 1. The fraction of sp³-hybridized carbons (Fsp3) is 0.500. The quantitative estimate of drug-likeness (QED) is 0.711. The molecule has 6 heteroatoms. The zero-order valence-corrected chi connectivity index (χ0v) is 16.0. The second kappa shape index (κ2) is 9.14. The molecule has 0 aromatic carbocycles. The van der Waals surface area contributed by atoms with Gasteiger partial charge in [0.15, 0.2) is 5.78 Å². The Hall–Kier alpha value is -1.92. The van der Waals surface area contributed by atoms with E-state index in [9.17, 15) is 9.59 Å². The zero-order chi connectivity index (χ0) is 18.4.